The van der Waals surface area contributed by atoms with E-state index in [0.29, 0.717) is 17.7 Å². The van der Waals surface area contributed by atoms with Crippen molar-refractivity contribution in [2.45, 2.75) is 38.6 Å². The van der Waals surface area contributed by atoms with E-state index in [-0.39, 0.29) is 36.2 Å². The van der Waals surface area contributed by atoms with E-state index in [1.165, 1.54) is 6.92 Å². The van der Waals surface area contributed by atoms with E-state index in [9.17, 15) is 14.4 Å². The lowest BCUT2D eigenvalue weighted by molar-refractivity contribution is -0.126. The molecule has 2 rings (SSSR count). The second-order valence-electron chi connectivity index (χ2n) is 6.11. The maximum atomic E-state index is 12.4. The Morgan fingerprint density at radius 1 is 1.16 bits per heavy atom. The Morgan fingerprint density at radius 3 is 2.48 bits per heavy atom. The Hall–Kier alpha value is -2.88. The van der Waals surface area contributed by atoms with Crippen molar-refractivity contribution in [3.63, 3.8) is 0 Å². The molecule has 0 saturated heterocycles. The van der Waals surface area contributed by atoms with Gasteiger partial charge in [0.15, 0.2) is 0 Å². The summed E-state index contributed by atoms with van der Waals surface area (Å²) in [6.07, 6.45) is 3.32. The summed E-state index contributed by atoms with van der Waals surface area (Å²) in [6, 6.07) is 8.24. The molecule has 25 heavy (non-hydrogen) atoms. The van der Waals surface area contributed by atoms with E-state index in [1.807, 2.05) is 6.07 Å². The molecule has 3 amide bonds. The number of nitriles is 1. The Balaban J connectivity index is 2.00. The SMILES string of the molecule is CC(=O)Nc1ccc(C(=O)N[C@@H]2CCCC[C@H]2C(=O)NCC#N)cc1. The second-order valence-corrected chi connectivity index (χ2v) is 6.11. The summed E-state index contributed by atoms with van der Waals surface area (Å²) in [4.78, 5) is 35.6. The van der Waals surface area contributed by atoms with Gasteiger partial charge in [-0.3, -0.25) is 14.4 Å². The van der Waals surface area contributed by atoms with Crippen LogP contribution in [0.4, 0.5) is 5.69 Å². The van der Waals surface area contributed by atoms with E-state index in [2.05, 4.69) is 16.0 Å². The number of anilines is 1. The maximum Gasteiger partial charge on any atom is 0.251 e. The quantitative estimate of drug-likeness (QED) is 0.705. The molecule has 1 aromatic rings. The monoisotopic (exact) mass is 342 g/mol. The zero-order valence-electron chi connectivity index (χ0n) is 14.2. The van der Waals surface area contributed by atoms with Crippen molar-refractivity contribution in [1.29, 1.82) is 5.26 Å². The molecule has 7 nitrogen and oxygen atoms in total. The number of carbonyl (C=O) groups is 3. The number of nitrogens with zero attached hydrogens (tertiary/aromatic N) is 1. The zero-order chi connectivity index (χ0) is 18.2. The summed E-state index contributed by atoms with van der Waals surface area (Å²) in [5.41, 5.74) is 1.09. The number of amides is 3. The average molecular weight is 342 g/mol. The fourth-order valence-corrected chi connectivity index (χ4v) is 3.04. The lowest BCUT2D eigenvalue weighted by atomic mass is 9.83. The molecule has 1 aliphatic rings. The Morgan fingerprint density at radius 2 is 1.84 bits per heavy atom. The van der Waals surface area contributed by atoms with Gasteiger partial charge in [-0.25, -0.2) is 0 Å². The number of nitrogens with one attached hydrogen (secondary N) is 3. The molecular weight excluding hydrogens is 320 g/mol. The average Bonchev–Trinajstić information content (AvgIpc) is 2.60. The third kappa shape index (κ3) is 5.31. The van der Waals surface area contributed by atoms with E-state index in [4.69, 9.17) is 5.26 Å². The Labute approximate surface area is 146 Å². The van der Waals surface area contributed by atoms with Crippen LogP contribution in [0.5, 0.6) is 0 Å². The third-order valence-corrected chi connectivity index (χ3v) is 4.23. The van der Waals surface area contributed by atoms with Gasteiger partial charge in [0.2, 0.25) is 11.8 Å². The molecule has 0 heterocycles. The molecule has 1 aromatic carbocycles. The fourth-order valence-electron chi connectivity index (χ4n) is 3.04. The Bertz CT molecular complexity index is 679. The highest BCUT2D eigenvalue weighted by Gasteiger charge is 2.32. The normalized spacial score (nSPS) is 19.4. The van der Waals surface area contributed by atoms with E-state index < -0.39 is 0 Å². The van der Waals surface area contributed by atoms with Crippen molar-refractivity contribution in [2.75, 3.05) is 11.9 Å². The third-order valence-electron chi connectivity index (χ3n) is 4.23. The lowest BCUT2D eigenvalue weighted by Crippen LogP contribution is -2.48. The molecule has 1 saturated carbocycles. The van der Waals surface area contributed by atoms with Gasteiger partial charge in [-0.2, -0.15) is 5.26 Å². The molecule has 1 aliphatic carbocycles. The smallest absolute Gasteiger partial charge is 0.251 e. The van der Waals surface area contributed by atoms with Crippen LogP contribution in [0, 0.1) is 17.2 Å². The van der Waals surface area contributed by atoms with Gasteiger partial charge in [0.1, 0.15) is 6.54 Å². The van der Waals surface area contributed by atoms with Gasteiger partial charge in [0, 0.05) is 24.2 Å². The van der Waals surface area contributed by atoms with Crippen LogP contribution in [0.1, 0.15) is 43.0 Å². The first-order chi connectivity index (χ1) is 12.0. The number of hydrogen-bond donors (Lipinski definition) is 3. The van der Waals surface area contributed by atoms with Gasteiger partial charge >= 0.3 is 0 Å². The molecule has 7 heteroatoms. The first-order valence-corrected chi connectivity index (χ1v) is 8.34. The summed E-state index contributed by atoms with van der Waals surface area (Å²) < 4.78 is 0. The van der Waals surface area contributed by atoms with E-state index >= 15 is 0 Å². The van der Waals surface area contributed by atoms with Crippen molar-refractivity contribution >= 4 is 23.4 Å². The highest BCUT2D eigenvalue weighted by molar-refractivity contribution is 5.96. The van der Waals surface area contributed by atoms with Gasteiger partial charge in [0.05, 0.1) is 12.0 Å². The fraction of sp³-hybridized carbons (Fsp3) is 0.444. The molecule has 0 spiro atoms. The lowest BCUT2D eigenvalue weighted by Gasteiger charge is -2.31. The minimum Gasteiger partial charge on any atom is -0.349 e. The van der Waals surface area contributed by atoms with Crippen LogP contribution in [0.15, 0.2) is 24.3 Å². The number of benzene rings is 1. The molecular formula is C18H22N4O3. The molecule has 0 unspecified atom stereocenters. The number of rotatable bonds is 5. The van der Waals surface area contributed by atoms with Gasteiger partial charge in [-0.15, -0.1) is 0 Å². The van der Waals surface area contributed by atoms with Crippen LogP contribution < -0.4 is 16.0 Å². The van der Waals surface area contributed by atoms with Gasteiger partial charge in [-0.05, 0) is 37.1 Å². The van der Waals surface area contributed by atoms with Crippen LogP contribution in [-0.4, -0.2) is 30.3 Å². The predicted molar refractivity (Wildman–Crippen MR) is 92.6 cm³/mol. The summed E-state index contributed by atoms with van der Waals surface area (Å²) >= 11 is 0. The minimum absolute atomic E-state index is 0.0272. The van der Waals surface area contributed by atoms with Crippen LogP contribution in [0.3, 0.4) is 0 Å². The topological polar surface area (TPSA) is 111 Å². The number of carbonyl (C=O) groups excluding carboxylic acids is 3. The largest absolute Gasteiger partial charge is 0.349 e. The molecule has 2 atom stereocenters. The van der Waals surface area contributed by atoms with Gasteiger partial charge in [0.25, 0.3) is 5.91 Å². The molecule has 0 aliphatic heterocycles. The van der Waals surface area contributed by atoms with E-state index in [1.54, 1.807) is 24.3 Å². The minimum atomic E-state index is -0.315. The van der Waals surface area contributed by atoms with Crippen molar-refractivity contribution in [3.8, 4) is 6.07 Å². The summed E-state index contributed by atoms with van der Waals surface area (Å²) in [5, 5.41) is 16.7. The zero-order valence-corrected chi connectivity index (χ0v) is 14.2. The highest BCUT2D eigenvalue weighted by atomic mass is 16.2. The van der Waals surface area contributed by atoms with Crippen molar-refractivity contribution in [2.24, 2.45) is 5.92 Å². The first kappa shape index (κ1) is 18.5. The molecule has 3 N–H and O–H groups in total. The van der Waals surface area contributed by atoms with Crippen LogP contribution in [0.25, 0.3) is 0 Å². The van der Waals surface area contributed by atoms with Gasteiger partial charge in [-0.1, -0.05) is 12.8 Å². The highest BCUT2D eigenvalue weighted by Crippen LogP contribution is 2.25. The molecule has 132 valence electrons. The predicted octanol–water partition coefficient (Wildman–Crippen LogP) is 1.57. The maximum absolute atomic E-state index is 12.4. The molecule has 0 aromatic heterocycles. The van der Waals surface area contributed by atoms with Crippen molar-refractivity contribution in [3.05, 3.63) is 29.8 Å². The first-order valence-electron chi connectivity index (χ1n) is 8.34. The van der Waals surface area contributed by atoms with Crippen LogP contribution in [0.2, 0.25) is 0 Å². The summed E-state index contributed by atoms with van der Waals surface area (Å²) in [6.45, 7) is 1.39. The van der Waals surface area contributed by atoms with Crippen molar-refractivity contribution in [1.82, 2.24) is 10.6 Å². The van der Waals surface area contributed by atoms with E-state index in [0.717, 1.165) is 19.3 Å². The summed E-state index contributed by atoms with van der Waals surface area (Å²) in [5.74, 6) is -0.928. The van der Waals surface area contributed by atoms with Crippen molar-refractivity contribution < 1.29 is 14.4 Å². The molecule has 1 fully saturated rings. The second kappa shape index (κ2) is 8.83. The van der Waals surface area contributed by atoms with Crippen LogP contribution in [-0.2, 0) is 9.59 Å². The Kier molecular flexibility index (Phi) is 6.52. The number of hydrogen-bond acceptors (Lipinski definition) is 4. The standard InChI is InChI=1S/C18H22N4O3/c1-12(23)21-14-8-6-13(7-9-14)17(24)22-16-5-3-2-4-15(16)18(25)20-11-10-19/h6-9,15-16H,2-5,11H2,1H3,(H,20,25)(H,21,23)(H,22,24)/t15-,16-/m1/s1. The molecule has 0 radical (unpaired) electrons. The molecule has 0 bridgehead atoms. The van der Waals surface area contributed by atoms with Gasteiger partial charge < -0.3 is 16.0 Å². The summed E-state index contributed by atoms with van der Waals surface area (Å²) in [7, 11) is 0. The van der Waals surface area contributed by atoms with Crippen LogP contribution >= 0.6 is 0 Å².